The van der Waals surface area contributed by atoms with Gasteiger partial charge in [0.1, 0.15) is 0 Å². The molecule has 1 amide bonds. The Balaban J connectivity index is 1.40. The van der Waals surface area contributed by atoms with Crippen LogP contribution in [-0.2, 0) is 16.6 Å². The largest absolute Gasteiger partial charge is 0.348 e. The first-order valence-electron chi connectivity index (χ1n) is 9.86. The Labute approximate surface area is 181 Å². The summed E-state index contributed by atoms with van der Waals surface area (Å²) in [5.74, 6) is -0.221. The smallest absolute Gasteiger partial charge is 0.261 e. The quantitative estimate of drug-likeness (QED) is 0.458. The van der Waals surface area contributed by atoms with E-state index in [1.165, 1.54) is 0 Å². The second-order valence-corrected chi connectivity index (χ2v) is 9.04. The van der Waals surface area contributed by atoms with E-state index in [0.717, 1.165) is 21.9 Å². The minimum atomic E-state index is -3.68. The van der Waals surface area contributed by atoms with Gasteiger partial charge in [0.15, 0.2) is 0 Å². The fraction of sp³-hybridized carbons (Fsp3) is 0.0800. The van der Waals surface area contributed by atoms with Gasteiger partial charge in [-0.25, -0.2) is 8.42 Å². The van der Waals surface area contributed by atoms with Crippen molar-refractivity contribution >= 4 is 32.4 Å². The van der Waals surface area contributed by atoms with Gasteiger partial charge in [-0.1, -0.05) is 54.1 Å². The zero-order valence-electron chi connectivity index (χ0n) is 17.0. The van der Waals surface area contributed by atoms with Crippen molar-refractivity contribution in [3.8, 4) is 0 Å². The molecule has 0 aromatic heterocycles. The molecule has 0 aliphatic rings. The summed E-state index contributed by atoms with van der Waals surface area (Å²) in [4.78, 5) is 12.7. The van der Waals surface area contributed by atoms with Crippen molar-refractivity contribution in [1.29, 1.82) is 0 Å². The minimum absolute atomic E-state index is 0.190. The molecule has 6 heteroatoms. The molecule has 0 bridgehead atoms. The van der Waals surface area contributed by atoms with E-state index in [1.54, 1.807) is 48.5 Å². The van der Waals surface area contributed by atoms with Crippen LogP contribution in [-0.4, -0.2) is 14.3 Å². The first-order chi connectivity index (χ1) is 14.9. The summed E-state index contributed by atoms with van der Waals surface area (Å²) < 4.78 is 27.5. The minimum Gasteiger partial charge on any atom is -0.348 e. The fourth-order valence-electron chi connectivity index (χ4n) is 3.25. The average molecular weight is 431 g/mol. The predicted octanol–water partition coefficient (Wildman–Crippen LogP) is 4.88. The number of benzene rings is 4. The maximum atomic E-state index is 12.5. The molecule has 0 aliphatic heterocycles. The van der Waals surface area contributed by atoms with Crippen LogP contribution in [0.5, 0.6) is 0 Å². The first kappa shape index (κ1) is 20.6. The molecule has 31 heavy (non-hydrogen) atoms. The average Bonchev–Trinajstić information content (AvgIpc) is 2.78. The third kappa shape index (κ3) is 4.92. The van der Waals surface area contributed by atoms with Crippen molar-refractivity contribution in [3.05, 3.63) is 108 Å². The summed E-state index contributed by atoms with van der Waals surface area (Å²) in [6.45, 7) is 2.30. The van der Waals surface area contributed by atoms with Gasteiger partial charge in [-0.3, -0.25) is 9.52 Å². The molecule has 0 aliphatic carbocycles. The van der Waals surface area contributed by atoms with Crippen LogP contribution in [0, 0.1) is 6.92 Å². The molecule has 2 N–H and O–H groups in total. The lowest BCUT2D eigenvalue weighted by Gasteiger charge is -2.10. The van der Waals surface area contributed by atoms with Crippen molar-refractivity contribution in [2.75, 3.05) is 4.72 Å². The monoisotopic (exact) mass is 430 g/mol. The molecule has 0 fully saturated rings. The van der Waals surface area contributed by atoms with Gasteiger partial charge in [-0.15, -0.1) is 0 Å². The number of nitrogens with one attached hydrogen (secondary N) is 2. The van der Waals surface area contributed by atoms with Crippen LogP contribution in [0.15, 0.2) is 95.9 Å². The molecule has 4 aromatic carbocycles. The molecule has 0 heterocycles. The van der Waals surface area contributed by atoms with Crippen molar-refractivity contribution in [2.24, 2.45) is 0 Å². The lowest BCUT2D eigenvalue weighted by atomic mass is 10.1. The number of anilines is 1. The van der Waals surface area contributed by atoms with Crippen molar-refractivity contribution in [1.82, 2.24) is 5.32 Å². The highest BCUT2D eigenvalue weighted by atomic mass is 32.2. The summed E-state index contributed by atoms with van der Waals surface area (Å²) in [6, 6.07) is 27.1. The van der Waals surface area contributed by atoms with Crippen LogP contribution < -0.4 is 10.0 Å². The number of amides is 1. The molecule has 156 valence electrons. The molecule has 4 rings (SSSR count). The van der Waals surface area contributed by atoms with Crippen LogP contribution in [0.3, 0.4) is 0 Å². The SMILES string of the molecule is Cc1ccc(S(=O)(=O)Nc2ccc(C(=O)NCc3ccc4ccccc4c3)cc2)cc1. The molecule has 0 saturated carbocycles. The molecule has 0 saturated heterocycles. The zero-order chi connectivity index (χ0) is 21.8. The van der Waals surface area contributed by atoms with Gasteiger partial charge in [-0.2, -0.15) is 0 Å². The summed E-state index contributed by atoms with van der Waals surface area (Å²) in [5, 5.41) is 5.18. The number of carbonyl (C=O) groups is 1. The Bertz CT molecular complexity index is 1330. The van der Waals surface area contributed by atoms with Crippen LogP contribution in [0.25, 0.3) is 10.8 Å². The highest BCUT2D eigenvalue weighted by molar-refractivity contribution is 7.92. The van der Waals surface area contributed by atoms with E-state index in [2.05, 4.69) is 16.1 Å². The topological polar surface area (TPSA) is 75.3 Å². The molecule has 0 radical (unpaired) electrons. The molecule has 5 nitrogen and oxygen atoms in total. The molecule has 0 spiro atoms. The zero-order valence-corrected chi connectivity index (χ0v) is 17.8. The Hall–Kier alpha value is -3.64. The van der Waals surface area contributed by atoms with Gasteiger partial charge < -0.3 is 5.32 Å². The Morgan fingerprint density at radius 3 is 2.19 bits per heavy atom. The van der Waals surface area contributed by atoms with Gasteiger partial charge in [0.25, 0.3) is 15.9 Å². The van der Waals surface area contributed by atoms with Crippen LogP contribution in [0.4, 0.5) is 5.69 Å². The Morgan fingerprint density at radius 2 is 1.48 bits per heavy atom. The normalized spacial score (nSPS) is 11.3. The lowest BCUT2D eigenvalue weighted by molar-refractivity contribution is 0.0951. The summed E-state index contributed by atoms with van der Waals surface area (Å²) in [5.41, 5.74) is 2.85. The number of carbonyl (C=O) groups excluding carboxylic acids is 1. The van der Waals surface area contributed by atoms with Gasteiger partial charge in [0.2, 0.25) is 0 Å². The third-order valence-corrected chi connectivity index (χ3v) is 6.39. The molecule has 0 atom stereocenters. The summed E-state index contributed by atoms with van der Waals surface area (Å²) >= 11 is 0. The van der Waals surface area contributed by atoms with Gasteiger partial charge in [0.05, 0.1) is 4.90 Å². The number of fused-ring (bicyclic) bond motifs is 1. The number of hydrogen-bond donors (Lipinski definition) is 2. The number of aryl methyl sites for hydroxylation is 1. The van der Waals surface area contributed by atoms with E-state index in [1.807, 2.05) is 43.3 Å². The second-order valence-electron chi connectivity index (χ2n) is 7.36. The van der Waals surface area contributed by atoms with Gasteiger partial charge in [0, 0.05) is 17.8 Å². The highest BCUT2D eigenvalue weighted by Crippen LogP contribution is 2.18. The summed E-state index contributed by atoms with van der Waals surface area (Å²) in [6.07, 6.45) is 0. The van der Waals surface area contributed by atoms with E-state index in [0.29, 0.717) is 17.8 Å². The molecular formula is C25H22N2O3S. The lowest BCUT2D eigenvalue weighted by Crippen LogP contribution is -2.22. The number of hydrogen-bond acceptors (Lipinski definition) is 3. The van der Waals surface area contributed by atoms with E-state index in [9.17, 15) is 13.2 Å². The van der Waals surface area contributed by atoms with Crippen molar-refractivity contribution in [2.45, 2.75) is 18.4 Å². The predicted molar refractivity (Wildman–Crippen MR) is 124 cm³/mol. The van der Waals surface area contributed by atoms with Crippen LogP contribution in [0.2, 0.25) is 0 Å². The van der Waals surface area contributed by atoms with Crippen LogP contribution in [0.1, 0.15) is 21.5 Å². The summed E-state index contributed by atoms with van der Waals surface area (Å²) in [7, 11) is -3.68. The van der Waals surface area contributed by atoms with Gasteiger partial charge in [-0.05, 0) is 65.7 Å². The maximum Gasteiger partial charge on any atom is 0.261 e. The van der Waals surface area contributed by atoms with E-state index >= 15 is 0 Å². The highest BCUT2D eigenvalue weighted by Gasteiger charge is 2.14. The van der Waals surface area contributed by atoms with Crippen LogP contribution >= 0.6 is 0 Å². The van der Waals surface area contributed by atoms with E-state index < -0.39 is 10.0 Å². The molecule has 4 aromatic rings. The second kappa shape index (κ2) is 8.62. The Morgan fingerprint density at radius 1 is 0.806 bits per heavy atom. The van der Waals surface area contributed by atoms with Crippen molar-refractivity contribution < 1.29 is 13.2 Å². The van der Waals surface area contributed by atoms with Crippen molar-refractivity contribution in [3.63, 3.8) is 0 Å². The number of sulfonamides is 1. The third-order valence-electron chi connectivity index (χ3n) is 5.00. The van der Waals surface area contributed by atoms with E-state index in [-0.39, 0.29) is 10.8 Å². The molecule has 0 unspecified atom stereocenters. The number of rotatable bonds is 6. The van der Waals surface area contributed by atoms with Gasteiger partial charge >= 0.3 is 0 Å². The standard InChI is InChI=1S/C25H22N2O3S/c1-18-6-14-24(15-7-18)31(29,30)27-23-12-10-21(11-13-23)25(28)26-17-19-8-9-20-4-2-3-5-22(20)16-19/h2-16,27H,17H2,1H3,(H,26,28). The fourth-order valence-corrected chi connectivity index (χ4v) is 4.31. The van der Waals surface area contributed by atoms with E-state index in [4.69, 9.17) is 0 Å². The first-order valence-corrected chi connectivity index (χ1v) is 11.3. The maximum absolute atomic E-state index is 12.5. The molecular weight excluding hydrogens is 408 g/mol. The Kier molecular flexibility index (Phi) is 5.73.